The fraction of sp³-hybridized carbons (Fsp3) is 0.667. The quantitative estimate of drug-likeness (QED) is 0.696. The smallest absolute Gasteiger partial charge is 0.245 e. The van der Waals surface area contributed by atoms with Crippen molar-refractivity contribution in [2.45, 2.75) is 32.2 Å². The van der Waals surface area contributed by atoms with Gasteiger partial charge >= 0.3 is 0 Å². The van der Waals surface area contributed by atoms with Gasteiger partial charge in [0.05, 0.1) is 11.8 Å². The maximum atomic E-state index is 11.9. The third kappa shape index (κ3) is 5.09. The van der Waals surface area contributed by atoms with Gasteiger partial charge in [-0.3, -0.25) is 14.8 Å². The fourth-order valence-electron chi connectivity index (χ4n) is 1.35. The predicted octanol–water partition coefficient (Wildman–Crippen LogP) is 0.366. The van der Waals surface area contributed by atoms with Crippen LogP contribution in [0.2, 0.25) is 0 Å². The number of amides is 1. The molecule has 0 saturated heterocycles. The van der Waals surface area contributed by atoms with Gasteiger partial charge in [-0.05, 0) is 13.3 Å². The highest BCUT2D eigenvalue weighted by Gasteiger charge is 2.28. The number of hydrogen-bond acceptors (Lipinski definition) is 7. The van der Waals surface area contributed by atoms with Crippen LogP contribution in [0.25, 0.3) is 0 Å². The summed E-state index contributed by atoms with van der Waals surface area (Å²) in [4.78, 5) is 11.9. The van der Waals surface area contributed by atoms with E-state index in [0.717, 1.165) is 24.0 Å². The summed E-state index contributed by atoms with van der Waals surface area (Å²) in [7, 11) is -3.41. The molecule has 1 rings (SSSR count). The minimum absolute atomic E-state index is 0.0898. The Morgan fingerprint density at radius 3 is 2.53 bits per heavy atom. The summed E-state index contributed by atoms with van der Waals surface area (Å²) in [6.07, 6.45) is 2.31. The van der Waals surface area contributed by atoms with Crippen molar-refractivity contribution in [3.8, 4) is 0 Å². The van der Waals surface area contributed by atoms with E-state index in [4.69, 9.17) is 5.73 Å². The van der Waals surface area contributed by atoms with Gasteiger partial charge in [-0.15, -0.1) is 10.2 Å². The van der Waals surface area contributed by atoms with Crippen molar-refractivity contribution in [3.63, 3.8) is 0 Å². The van der Waals surface area contributed by atoms with E-state index in [1.54, 1.807) is 6.92 Å². The molecular weight excluding hydrogens is 290 g/mol. The number of carbonyl (C=O) groups is 1. The molecule has 0 bridgehead atoms. The Kier molecular flexibility index (Phi) is 4.82. The molecule has 0 aromatic carbocycles. The summed E-state index contributed by atoms with van der Waals surface area (Å²) in [5.41, 5.74) is 4.86. The summed E-state index contributed by atoms with van der Waals surface area (Å²) in [5, 5.41) is 10.1. The molecule has 8 nitrogen and oxygen atoms in total. The normalized spacial score (nSPS) is 14.7. The zero-order valence-corrected chi connectivity index (χ0v) is 12.6. The third-order valence-electron chi connectivity index (χ3n) is 2.21. The maximum Gasteiger partial charge on any atom is 0.245 e. The molecule has 0 aliphatic heterocycles. The second kappa shape index (κ2) is 5.80. The predicted molar refractivity (Wildman–Crippen MR) is 74.5 cm³/mol. The number of nitrogens with zero attached hydrogens (tertiary/aromatic N) is 2. The van der Waals surface area contributed by atoms with Crippen molar-refractivity contribution < 1.29 is 13.2 Å². The van der Waals surface area contributed by atoms with Crippen LogP contribution in [0.4, 0.5) is 10.3 Å². The first-order chi connectivity index (χ1) is 8.64. The Labute approximate surface area is 115 Å². The average molecular weight is 307 g/mol. The van der Waals surface area contributed by atoms with Crippen LogP contribution >= 0.6 is 11.3 Å². The zero-order valence-electron chi connectivity index (χ0n) is 10.9. The lowest BCUT2D eigenvalue weighted by Crippen LogP contribution is -2.48. The van der Waals surface area contributed by atoms with Crippen LogP contribution < -0.4 is 15.8 Å². The molecule has 1 heterocycles. The van der Waals surface area contributed by atoms with Crippen LogP contribution in [0.1, 0.15) is 26.7 Å². The summed E-state index contributed by atoms with van der Waals surface area (Å²) in [6.45, 7) is 3.56. The number of sulfonamides is 1. The number of rotatable bonds is 6. The minimum Gasteiger partial charge on any atom is -0.318 e. The Balaban J connectivity index is 2.71. The Hall–Kier alpha value is -1.26. The van der Waals surface area contributed by atoms with E-state index in [9.17, 15) is 13.2 Å². The lowest BCUT2D eigenvalue weighted by Gasteiger charge is -2.21. The third-order valence-corrected chi connectivity index (χ3v) is 3.65. The largest absolute Gasteiger partial charge is 0.318 e. The lowest BCUT2D eigenvalue weighted by atomic mass is 9.97. The molecule has 108 valence electrons. The van der Waals surface area contributed by atoms with Gasteiger partial charge in [-0.2, -0.15) is 0 Å². The number of nitrogens with two attached hydrogens (primary N) is 1. The SMILES string of the molecule is CCCC(C)(N)C(=O)Nc1nnc(NS(C)(=O)=O)s1. The van der Waals surface area contributed by atoms with Crippen LogP contribution in [0.5, 0.6) is 0 Å². The number of hydrogen-bond donors (Lipinski definition) is 3. The van der Waals surface area contributed by atoms with Gasteiger partial charge in [-0.1, -0.05) is 24.7 Å². The second-order valence-corrected chi connectivity index (χ2v) is 7.13. The van der Waals surface area contributed by atoms with E-state index >= 15 is 0 Å². The molecule has 0 spiro atoms. The first-order valence-corrected chi connectivity index (χ1v) is 8.26. The van der Waals surface area contributed by atoms with Gasteiger partial charge < -0.3 is 5.73 Å². The Morgan fingerprint density at radius 1 is 1.42 bits per heavy atom. The van der Waals surface area contributed by atoms with Gasteiger partial charge in [0.2, 0.25) is 26.2 Å². The molecule has 1 aromatic rings. The molecule has 10 heteroatoms. The number of nitrogens with one attached hydrogen (secondary N) is 2. The van der Waals surface area contributed by atoms with E-state index in [2.05, 4.69) is 20.2 Å². The number of aromatic nitrogens is 2. The zero-order chi connectivity index (χ0) is 14.7. The molecule has 0 aliphatic rings. The van der Waals surface area contributed by atoms with Crippen LogP contribution in [0.15, 0.2) is 0 Å². The van der Waals surface area contributed by atoms with E-state index < -0.39 is 15.6 Å². The molecule has 1 unspecified atom stereocenters. The van der Waals surface area contributed by atoms with Crippen LogP contribution in [0.3, 0.4) is 0 Å². The topological polar surface area (TPSA) is 127 Å². The van der Waals surface area contributed by atoms with Gasteiger partial charge in [0.15, 0.2) is 0 Å². The lowest BCUT2D eigenvalue weighted by molar-refractivity contribution is -0.120. The first-order valence-electron chi connectivity index (χ1n) is 5.55. The molecule has 1 atom stereocenters. The highest BCUT2D eigenvalue weighted by atomic mass is 32.2. The van der Waals surface area contributed by atoms with E-state index in [1.165, 1.54) is 0 Å². The number of carbonyl (C=O) groups excluding carboxylic acids is 1. The highest BCUT2D eigenvalue weighted by molar-refractivity contribution is 7.92. The molecule has 0 fully saturated rings. The molecule has 0 aliphatic carbocycles. The van der Waals surface area contributed by atoms with E-state index in [1.807, 2.05) is 6.92 Å². The van der Waals surface area contributed by atoms with Gasteiger partial charge in [0.1, 0.15) is 0 Å². The molecule has 1 aromatic heterocycles. The van der Waals surface area contributed by atoms with Gasteiger partial charge in [-0.25, -0.2) is 8.42 Å². The van der Waals surface area contributed by atoms with E-state index in [0.29, 0.717) is 6.42 Å². The molecule has 0 radical (unpaired) electrons. The van der Waals surface area contributed by atoms with Crippen LogP contribution in [-0.2, 0) is 14.8 Å². The van der Waals surface area contributed by atoms with Crippen molar-refractivity contribution in [1.29, 1.82) is 0 Å². The standard InChI is InChI=1S/C9H17N5O3S2/c1-4-5-9(2,10)6(15)11-7-12-13-8(18-7)14-19(3,16)17/h4-5,10H2,1-3H3,(H,13,14)(H,11,12,15). The first kappa shape index (κ1) is 15.8. The summed E-state index contributed by atoms with van der Waals surface area (Å²) in [6, 6.07) is 0. The Morgan fingerprint density at radius 2 is 2.00 bits per heavy atom. The summed E-state index contributed by atoms with van der Waals surface area (Å²) >= 11 is 0.922. The summed E-state index contributed by atoms with van der Waals surface area (Å²) < 4.78 is 24.2. The van der Waals surface area contributed by atoms with E-state index in [-0.39, 0.29) is 16.2 Å². The van der Waals surface area contributed by atoms with Crippen LogP contribution in [0, 0.1) is 0 Å². The van der Waals surface area contributed by atoms with Crippen LogP contribution in [-0.4, -0.2) is 36.3 Å². The summed E-state index contributed by atoms with van der Waals surface area (Å²) in [5.74, 6) is -0.378. The van der Waals surface area contributed by atoms with Crippen molar-refractivity contribution >= 4 is 37.5 Å². The van der Waals surface area contributed by atoms with Gasteiger partial charge in [0.25, 0.3) is 0 Å². The minimum atomic E-state index is -3.41. The fourth-order valence-corrected chi connectivity index (χ4v) is 2.82. The van der Waals surface area contributed by atoms with Crippen molar-refractivity contribution in [2.75, 3.05) is 16.3 Å². The number of anilines is 2. The molecule has 0 saturated carbocycles. The molecule has 1 amide bonds. The van der Waals surface area contributed by atoms with Gasteiger partial charge in [0, 0.05) is 0 Å². The molecule has 19 heavy (non-hydrogen) atoms. The monoisotopic (exact) mass is 307 g/mol. The Bertz CT molecular complexity index is 552. The molecular formula is C9H17N5O3S2. The highest BCUT2D eigenvalue weighted by Crippen LogP contribution is 2.22. The maximum absolute atomic E-state index is 11.9. The van der Waals surface area contributed by atoms with Crippen molar-refractivity contribution in [1.82, 2.24) is 10.2 Å². The molecule has 4 N–H and O–H groups in total. The second-order valence-electron chi connectivity index (χ2n) is 4.41. The van der Waals surface area contributed by atoms with Crippen molar-refractivity contribution in [3.05, 3.63) is 0 Å². The van der Waals surface area contributed by atoms with Crippen molar-refractivity contribution in [2.24, 2.45) is 5.73 Å². The average Bonchev–Trinajstić information content (AvgIpc) is 2.62.